The highest BCUT2D eigenvalue weighted by molar-refractivity contribution is 6.03. The van der Waals surface area contributed by atoms with Gasteiger partial charge >= 0.3 is 0 Å². The van der Waals surface area contributed by atoms with Crippen LogP contribution < -0.4 is 5.73 Å². The average molecular weight is 322 g/mol. The third-order valence-electron chi connectivity index (χ3n) is 3.61. The molecule has 122 valence electrons. The van der Waals surface area contributed by atoms with Crippen molar-refractivity contribution in [3.63, 3.8) is 0 Å². The van der Waals surface area contributed by atoms with Crippen LogP contribution in [-0.2, 0) is 0 Å². The minimum absolute atomic E-state index is 0.115. The van der Waals surface area contributed by atoms with Gasteiger partial charge in [0.2, 0.25) is 0 Å². The Hall–Kier alpha value is -2.18. The lowest BCUT2D eigenvalue weighted by atomic mass is 9.91. The summed E-state index contributed by atoms with van der Waals surface area (Å²) in [5.41, 5.74) is 5.23. The zero-order valence-electron chi connectivity index (χ0n) is 12.4. The minimum atomic E-state index is -2.00. The largest absolute Gasteiger partial charge is 0.389 e. The number of rotatable bonds is 5. The van der Waals surface area contributed by atoms with Gasteiger partial charge in [-0.1, -0.05) is 24.3 Å². The van der Waals surface area contributed by atoms with E-state index in [1.54, 1.807) is 0 Å². The van der Waals surface area contributed by atoms with E-state index >= 15 is 0 Å². The lowest BCUT2D eigenvalue weighted by Gasteiger charge is -2.21. The summed E-state index contributed by atoms with van der Waals surface area (Å²) in [5, 5.41) is 17.6. The highest BCUT2D eigenvalue weighted by Gasteiger charge is 2.28. The van der Waals surface area contributed by atoms with Crippen molar-refractivity contribution in [1.29, 1.82) is 5.41 Å². The predicted molar refractivity (Wildman–Crippen MR) is 82.1 cm³/mol. The van der Waals surface area contributed by atoms with E-state index in [-0.39, 0.29) is 11.1 Å². The molecule has 0 aromatic heterocycles. The predicted octanol–water partition coefficient (Wildman–Crippen LogP) is 3.42. The van der Waals surface area contributed by atoms with Crippen LogP contribution in [0, 0.1) is 17.0 Å². The molecule has 0 fully saturated rings. The first-order valence-electron chi connectivity index (χ1n) is 7.03. The molecular formula is C17H17F3N2O. The Kier molecular flexibility index (Phi) is 5.18. The van der Waals surface area contributed by atoms with Crippen LogP contribution in [0.4, 0.5) is 13.2 Å². The number of aliphatic hydroxyl groups excluding tert-OH is 1. The van der Waals surface area contributed by atoms with Crippen LogP contribution in [0.1, 0.15) is 35.8 Å². The summed E-state index contributed by atoms with van der Waals surface area (Å²) in [7, 11) is 0. The quantitative estimate of drug-likeness (QED) is 0.738. The lowest BCUT2D eigenvalue weighted by Crippen LogP contribution is -2.31. The van der Waals surface area contributed by atoms with Gasteiger partial charge in [-0.05, 0) is 36.2 Å². The van der Waals surface area contributed by atoms with Crippen molar-refractivity contribution in [2.45, 2.75) is 25.2 Å². The summed E-state index contributed by atoms with van der Waals surface area (Å²) >= 11 is 0. The van der Waals surface area contributed by atoms with Crippen molar-refractivity contribution < 1.29 is 18.3 Å². The van der Waals surface area contributed by atoms with Crippen molar-refractivity contribution in [1.82, 2.24) is 0 Å². The van der Waals surface area contributed by atoms with Crippen molar-refractivity contribution in [2.24, 2.45) is 5.73 Å². The Morgan fingerprint density at radius 3 is 2.30 bits per heavy atom. The zero-order valence-corrected chi connectivity index (χ0v) is 12.4. The molecule has 0 heterocycles. The van der Waals surface area contributed by atoms with Gasteiger partial charge in [-0.3, -0.25) is 0 Å². The van der Waals surface area contributed by atoms with E-state index in [1.165, 1.54) is 31.2 Å². The molecule has 23 heavy (non-hydrogen) atoms. The third-order valence-corrected chi connectivity index (χ3v) is 3.61. The van der Waals surface area contributed by atoms with Gasteiger partial charge in [0, 0.05) is 5.56 Å². The topological polar surface area (TPSA) is 70.1 Å². The maximum atomic E-state index is 14.6. The fourth-order valence-corrected chi connectivity index (χ4v) is 2.34. The second-order valence-electron chi connectivity index (χ2n) is 5.27. The monoisotopic (exact) mass is 322 g/mol. The van der Waals surface area contributed by atoms with E-state index < -0.39 is 35.7 Å². The summed E-state index contributed by atoms with van der Waals surface area (Å²) < 4.78 is 41.5. The van der Waals surface area contributed by atoms with Crippen molar-refractivity contribution in [3.8, 4) is 0 Å². The Morgan fingerprint density at radius 1 is 1.13 bits per heavy atom. The number of halogens is 3. The number of nitrogens with two attached hydrogens (primary N) is 1. The second kappa shape index (κ2) is 6.93. The SMILES string of the molecule is CC(O)c1cccc(F)c1C(=N)C(F)C(N)c1ccc(F)cc1. The van der Waals surface area contributed by atoms with Crippen LogP contribution in [0.2, 0.25) is 0 Å². The molecule has 0 spiro atoms. The molecule has 2 aromatic carbocycles. The van der Waals surface area contributed by atoms with Gasteiger partial charge < -0.3 is 16.2 Å². The van der Waals surface area contributed by atoms with Gasteiger partial charge in [0.15, 0.2) is 6.17 Å². The number of hydrogen-bond donors (Lipinski definition) is 3. The summed E-state index contributed by atoms with van der Waals surface area (Å²) in [6, 6.07) is 7.55. The Balaban J connectivity index is 2.35. The number of hydrogen-bond acceptors (Lipinski definition) is 3. The van der Waals surface area contributed by atoms with Gasteiger partial charge in [0.25, 0.3) is 0 Å². The molecule has 3 nitrogen and oxygen atoms in total. The molecule has 2 rings (SSSR count). The van der Waals surface area contributed by atoms with E-state index in [1.807, 2.05) is 0 Å². The Labute approximate surface area is 132 Å². The molecular weight excluding hydrogens is 305 g/mol. The summed E-state index contributed by atoms with van der Waals surface area (Å²) in [5.74, 6) is -1.29. The van der Waals surface area contributed by atoms with E-state index in [0.29, 0.717) is 5.56 Å². The van der Waals surface area contributed by atoms with Crippen molar-refractivity contribution in [2.75, 3.05) is 0 Å². The van der Waals surface area contributed by atoms with Gasteiger partial charge in [0.1, 0.15) is 11.6 Å². The normalized spacial score (nSPS) is 15.0. The summed E-state index contributed by atoms with van der Waals surface area (Å²) in [4.78, 5) is 0. The molecule has 6 heteroatoms. The van der Waals surface area contributed by atoms with E-state index in [4.69, 9.17) is 11.1 Å². The molecule has 0 saturated carbocycles. The molecule has 0 aliphatic heterocycles. The standard InChI is InChI=1S/C17H17F3N2O/c1-9(23)12-3-2-4-13(19)14(12)17(22)15(20)16(21)10-5-7-11(18)8-6-10/h2-9,15-16,22-23H,21H2,1H3. The highest BCUT2D eigenvalue weighted by atomic mass is 19.1. The fraction of sp³-hybridized carbons (Fsp3) is 0.235. The van der Waals surface area contributed by atoms with Crippen LogP contribution in [-0.4, -0.2) is 17.0 Å². The van der Waals surface area contributed by atoms with Crippen LogP contribution in [0.3, 0.4) is 0 Å². The number of alkyl halides is 1. The number of aliphatic hydroxyl groups is 1. The van der Waals surface area contributed by atoms with Crippen LogP contribution in [0.25, 0.3) is 0 Å². The third kappa shape index (κ3) is 3.60. The fourth-order valence-electron chi connectivity index (χ4n) is 2.34. The molecule has 3 unspecified atom stereocenters. The molecule has 0 amide bonds. The van der Waals surface area contributed by atoms with Crippen molar-refractivity contribution >= 4 is 5.71 Å². The molecule has 3 atom stereocenters. The molecule has 2 aromatic rings. The maximum Gasteiger partial charge on any atom is 0.161 e. The zero-order chi connectivity index (χ0) is 17.1. The Morgan fingerprint density at radius 2 is 1.74 bits per heavy atom. The van der Waals surface area contributed by atoms with E-state index in [9.17, 15) is 18.3 Å². The van der Waals surface area contributed by atoms with E-state index in [2.05, 4.69) is 0 Å². The summed E-state index contributed by atoms with van der Waals surface area (Å²) in [6.45, 7) is 1.40. The van der Waals surface area contributed by atoms with Gasteiger partial charge in [-0.25, -0.2) is 13.2 Å². The van der Waals surface area contributed by atoms with Crippen molar-refractivity contribution in [3.05, 3.63) is 70.8 Å². The lowest BCUT2D eigenvalue weighted by molar-refractivity contribution is 0.198. The first-order valence-corrected chi connectivity index (χ1v) is 7.03. The van der Waals surface area contributed by atoms with E-state index in [0.717, 1.165) is 18.2 Å². The first-order chi connectivity index (χ1) is 10.8. The second-order valence-corrected chi connectivity index (χ2v) is 5.27. The molecule has 0 saturated heterocycles. The molecule has 0 bridgehead atoms. The number of benzene rings is 2. The van der Waals surface area contributed by atoms with Crippen LogP contribution in [0.15, 0.2) is 42.5 Å². The smallest absolute Gasteiger partial charge is 0.161 e. The van der Waals surface area contributed by atoms with Gasteiger partial charge in [-0.2, -0.15) is 0 Å². The maximum absolute atomic E-state index is 14.6. The number of nitrogens with one attached hydrogen (secondary N) is 1. The highest BCUT2D eigenvalue weighted by Crippen LogP contribution is 2.26. The Bertz CT molecular complexity index is 701. The van der Waals surface area contributed by atoms with Crippen LogP contribution in [0.5, 0.6) is 0 Å². The molecule has 0 radical (unpaired) electrons. The van der Waals surface area contributed by atoms with Crippen LogP contribution >= 0.6 is 0 Å². The average Bonchev–Trinajstić information content (AvgIpc) is 2.53. The minimum Gasteiger partial charge on any atom is -0.389 e. The molecule has 4 N–H and O–H groups in total. The van der Waals surface area contributed by atoms with Gasteiger partial charge in [-0.15, -0.1) is 0 Å². The molecule has 0 aliphatic carbocycles. The first kappa shape index (κ1) is 17.2. The summed E-state index contributed by atoms with van der Waals surface area (Å²) in [6.07, 6.45) is -3.06. The molecule has 0 aliphatic rings. The van der Waals surface area contributed by atoms with Gasteiger partial charge in [0.05, 0.1) is 17.9 Å².